The van der Waals surface area contributed by atoms with Crippen LogP contribution in [0.25, 0.3) is 0 Å². The minimum absolute atomic E-state index is 0.705. The molecular weight excluding hydrogens is 242 g/mol. The summed E-state index contributed by atoms with van der Waals surface area (Å²) < 4.78 is 0. The number of aryl methyl sites for hydroxylation is 1. The largest absolute Gasteiger partial charge is 0.307 e. The van der Waals surface area contributed by atoms with Crippen LogP contribution in [0.1, 0.15) is 28.8 Å². The van der Waals surface area contributed by atoms with E-state index in [0.717, 1.165) is 30.8 Å². The van der Waals surface area contributed by atoms with Crippen LogP contribution in [0, 0.1) is 11.3 Å². The predicted octanol–water partition coefficient (Wildman–Crippen LogP) is 2.87. The first kappa shape index (κ1) is 12.7. The fourth-order valence-electron chi connectivity index (χ4n) is 1.68. The molecule has 2 rings (SSSR count). The van der Waals surface area contributed by atoms with E-state index >= 15 is 0 Å². The Labute approximate surface area is 111 Å². The highest BCUT2D eigenvalue weighted by atomic mass is 32.1. The van der Waals surface area contributed by atoms with Gasteiger partial charge in [-0.1, -0.05) is 19.1 Å². The van der Waals surface area contributed by atoms with Gasteiger partial charge in [0.15, 0.2) is 0 Å². The molecule has 0 aliphatic rings. The van der Waals surface area contributed by atoms with Crippen LogP contribution in [0.2, 0.25) is 0 Å². The summed E-state index contributed by atoms with van der Waals surface area (Å²) in [6.45, 7) is 3.64. The summed E-state index contributed by atoms with van der Waals surface area (Å²) in [5.74, 6) is 0. The molecule has 0 saturated heterocycles. The lowest BCUT2D eigenvalue weighted by atomic mass is 10.1. The smallest absolute Gasteiger partial charge is 0.0991 e. The van der Waals surface area contributed by atoms with E-state index < -0.39 is 0 Å². The van der Waals surface area contributed by atoms with Crippen molar-refractivity contribution >= 4 is 11.3 Å². The standard InChI is InChI=1S/C14H15N3S/c1-2-14-17-13(10-18-14)9-16-8-12-5-3-4-11(6-12)7-15/h3-6,10,16H,2,8-9H2,1H3. The molecule has 0 aliphatic carbocycles. The van der Waals surface area contributed by atoms with Gasteiger partial charge in [-0.05, 0) is 24.1 Å². The van der Waals surface area contributed by atoms with E-state index in [-0.39, 0.29) is 0 Å². The number of thiazole rings is 1. The summed E-state index contributed by atoms with van der Waals surface area (Å²) >= 11 is 1.71. The number of nitriles is 1. The van der Waals surface area contributed by atoms with Crippen molar-refractivity contribution in [1.82, 2.24) is 10.3 Å². The van der Waals surface area contributed by atoms with Crippen LogP contribution in [-0.2, 0) is 19.5 Å². The van der Waals surface area contributed by atoms with Gasteiger partial charge in [-0.15, -0.1) is 11.3 Å². The van der Waals surface area contributed by atoms with Crippen molar-refractivity contribution in [3.05, 3.63) is 51.5 Å². The minimum Gasteiger partial charge on any atom is -0.307 e. The zero-order valence-electron chi connectivity index (χ0n) is 10.3. The molecule has 1 aromatic heterocycles. The first-order valence-electron chi connectivity index (χ1n) is 5.95. The maximum atomic E-state index is 8.82. The Morgan fingerprint density at radius 2 is 2.28 bits per heavy atom. The van der Waals surface area contributed by atoms with E-state index in [0.29, 0.717) is 5.56 Å². The van der Waals surface area contributed by atoms with Gasteiger partial charge in [0.1, 0.15) is 0 Å². The van der Waals surface area contributed by atoms with E-state index in [1.165, 1.54) is 5.01 Å². The molecule has 0 amide bonds. The lowest BCUT2D eigenvalue weighted by Gasteiger charge is -2.03. The van der Waals surface area contributed by atoms with Crippen LogP contribution in [0.15, 0.2) is 29.6 Å². The van der Waals surface area contributed by atoms with Crippen molar-refractivity contribution in [3.63, 3.8) is 0 Å². The number of rotatable bonds is 5. The predicted molar refractivity (Wildman–Crippen MR) is 73.2 cm³/mol. The van der Waals surface area contributed by atoms with Gasteiger partial charge in [0, 0.05) is 18.5 Å². The molecule has 0 atom stereocenters. The van der Waals surface area contributed by atoms with Crippen molar-refractivity contribution in [2.75, 3.05) is 0 Å². The van der Waals surface area contributed by atoms with Crippen molar-refractivity contribution in [1.29, 1.82) is 5.26 Å². The van der Waals surface area contributed by atoms with Gasteiger partial charge in [-0.2, -0.15) is 5.26 Å². The van der Waals surface area contributed by atoms with E-state index in [2.05, 4.69) is 28.7 Å². The topological polar surface area (TPSA) is 48.7 Å². The zero-order chi connectivity index (χ0) is 12.8. The Morgan fingerprint density at radius 1 is 1.39 bits per heavy atom. The van der Waals surface area contributed by atoms with Gasteiger partial charge >= 0.3 is 0 Å². The molecule has 0 radical (unpaired) electrons. The Balaban J connectivity index is 1.86. The lowest BCUT2D eigenvalue weighted by molar-refractivity contribution is 0.681. The Morgan fingerprint density at radius 3 is 3.00 bits per heavy atom. The van der Waals surface area contributed by atoms with Crippen molar-refractivity contribution in [2.45, 2.75) is 26.4 Å². The highest BCUT2D eigenvalue weighted by molar-refractivity contribution is 7.09. The molecule has 1 heterocycles. The normalized spacial score (nSPS) is 10.2. The molecule has 4 heteroatoms. The molecule has 2 aromatic rings. The first-order chi connectivity index (χ1) is 8.81. The summed E-state index contributed by atoms with van der Waals surface area (Å²) in [7, 11) is 0. The zero-order valence-corrected chi connectivity index (χ0v) is 11.1. The summed E-state index contributed by atoms with van der Waals surface area (Å²) in [5.41, 5.74) is 2.92. The minimum atomic E-state index is 0.705. The molecular formula is C14H15N3S. The average Bonchev–Trinajstić information content (AvgIpc) is 2.87. The molecule has 1 N–H and O–H groups in total. The lowest BCUT2D eigenvalue weighted by Crippen LogP contribution is -2.13. The number of hydrogen-bond donors (Lipinski definition) is 1. The van der Waals surface area contributed by atoms with Crippen LogP contribution in [0.5, 0.6) is 0 Å². The molecule has 0 aliphatic heterocycles. The molecule has 18 heavy (non-hydrogen) atoms. The Hall–Kier alpha value is -1.70. The highest BCUT2D eigenvalue weighted by Crippen LogP contribution is 2.10. The third kappa shape index (κ3) is 3.39. The fourth-order valence-corrected chi connectivity index (χ4v) is 2.42. The van der Waals surface area contributed by atoms with Gasteiger partial charge in [0.05, 0.1) is 22.3 Å². The molecule has 0 bridgehead atoms. The molecule has 0 unspecified atom stereocenters. The number of benzene rings is 1. The van der Waals surface area contributed by atoms with Crippen LogP contribution < -0.4 is 5.32 Å². The maximum absolute atomic E-state index is 8.82. The average molecular weight is 257 g/mol. The fraction of sp³-hybridized carbons (Fsp3) is 0.286. The van der Waals surface area contributed by atoms with Gasteiger partial charge in [0.25, 0.3) is 0 Å². The Bertz CT molecular complexity index is 554. The van der Waals surface area contributed by atoms with Crippen LogP contribution in [0.4, 0.5) is 0 Å². The van der Waals surface area contributed by atoms with Gasteiger partial charge in [0.2, 0.25) is 0 Å². The van der Waals surface area contributed by atoms with E-state index in [4.69, 9.17) is 5.26 Å². The molecule has 0 spiro atoms. The highest BCUT2D eigenvalue weighted by Gasteiger charge is 2.00. The van der Waals surface area contributed by atoms with Crippen molar-refractivity contribution < 1.29 is 0 Å². The van der Waals surface area contributed by atoms with Gasteiger partial charge < -0.3 is 5.32 Å². The summed E-state index contributed by atoms with van der Waals surface area (Å²) in [6.07, 6.45) is 0.995. The monoisotopic (exact) mass is 257 g/mol. The summed E-state index contributed by atoms with van der Waals surface area (Å²) in [5, 5.41) is 15.4. The molecule has 1 aromatic carbocycles. The molecule has 92 valence electrons. The van der Waals surface area contributed by atoms with Crippen LogP contribution in [-0.4, -0.2) is 4.98 Å². The molecule has 0 fully saturated rings. The van der Waals surface area contributed by atoms with Gasteiger partial charge in [-0.25, -0.2) is 4.98 Å². The third-order valence-corrected chi connectivity index (χ3v) is 3.64. The van der Waals surface area contributed by atoms with Crippen LogP contribution in [0.3, 0.4) is 0 Å². The van der Waals surface area contributed by atoms with Crippen LogP contribution >= 0.6 is 11.3 Å². The quantitative estimate of drug-likeness (QED) is 0.896. The van der Waals surface area contributed by atoms with Crippen molar-refractivity contribution in [2.24, 2.45) is 0 Å². The SMILES string of the molecule is CCc1nc(CNCc2cccc(C#N)c2)cs1. The number of nitrogens with one attached hydrogen (secondary N) is 1. The second-order valence-corrected chi connectivity index (χ2v) is 4.94. The molecule has 0 saturated carbocycles. The summed E-state index contributed by atoms with van der Waals surface area (Å²) in [6, 6.07) is 9.80. The Kier molecular flexibility index (Phi) is 4.46. The number of hydrogen-bond acceptors (Lipinski definition) is 4. The maximum Gasteiger partial charge on any atom is 0.0991 e. The van der Waals surface area contributed by atoms with E-state index in [1.807, 2.05) is 24.3 Å². The first-order valence-corrected chi connectivity index (χ1v) is 6.83. The summed E-state index contributed by atoms with van der Waals surface area (Å²) in [4.78, 5) is 4.50. The molecule has 3 nitrogen and oxygen atoms in total. The second-order valence-electron chi connectivity index (χ2n) is 4.00. The van der Waals surface area contributed by atoms with Crippen molar-refractivity contribution in [3.8, 4) is 6.07 Å². The van der Waals surface area contributed by atoms with Gasteiger partial charge in [-0.3, -0.25) is 0 Å². The van der Waals surface area contributed by atoms with E-state index in [9.17, 15) is 0 Å². The third-order valence-electron chi connectivity index (χ3n) is 2.59. The van der Waals surface area contributed by atoms with E-state index in [1.54, 1.807) is 11.3 Å². The number of aromatic nitrogens is 1. The second kappa shape index (κ2) is 6.29. The number of nitrogens with zero attached hydrogens (tertiary/aromatic N) is 2.